The molecule has 20 heavy (non-hydrogen) atoms. The molecule has 106 valence electrons. The zero-order valence-electron chi connectivity index (χ0n) is 11.9. The predicted molar refractivity (Wildman–Crippen MR) is 80.8 cm³/mol. The molecular formula is C17H20FNO. The fraction of sp³-hybridized carbons (Fsp3) is 0.294. The third kappa shape index (κ3) is 3.98. The Morgan fingerprint density at radius 1 is 1.15 bits per heavy atom. The highest BCUT2D eigenvalue weighted by atomic mass is 19.1. The fourth-order valence-corrected chi connectivity index (χ4v) is 2.15. The Hall–Kier alpha value is -2.03. The molecule has 2 aromatic rings. The average Bonchev–Trinajstić information content (AvgIpc) is 2.48. The lowest BCUT2D eigenvalue weighted by Gasteiger charge is -2.17. The van der Waals surface area contributed by atoms with E-state index in [2.05, 4.69) is 36.5 Å². The van der Waals surface area contributed by atoms with E-state index in [4.69, 9.17) is 4.74 Å². The van der Waals surface area contributed by atoms with Crippen molar-refractivity contribution in [2.24, 2.45) is 0 Å². The minimum atomic E-state index is -0.288. The van der Waals surface area contributed by atoms with E-state index >= 15 is 0 Å². The zero-order chi connectivity index (χ0) is 14.4. The molecule has 0 bridgehead atoms. The van der Waals surface area contributed by atoms with Crippen LogP contribution in [0.1, 0.15) is 18.9 Å². The highest BCUT2D eigenvalue weighted by Crippen LogP contribution is 2.26. The van der Waals surface area contributed by atoms with Gasteiger partial charge in [-0.1, -0.05) is 30.3 Å². The predicted octanol–water partition coefficient (Wildman–Crippen LogP) is 4.27. The number of anilines is 1. The lowest BCUT2D eigenvalue weighted by molar-refractivity contribution is 0.412. The molecule has 2 aromatic carbocycles. The summed E-state index contributed by atoms with van der Waals surface area (Å²) in [5.74, 6) is 0.251. The van der Waals surface area contributed by atoms with Gasteiger partial charge in [-0.2, -0.15) is 0 Å². The first-order valence-electron chi connectivity index (χ1n) is 6.83. The molecule has 0 aromatic heterocycles. The van der Waals surface area contributed by atoms with Crippen LogP contribution in [-0.4, -0.2) is 13.2 Å². The lowest BCUT2D eigenvalue weighted by atomic mass is 10.1. The van der Waals surface area contributed by atoms with Crippen molar-refractivity contribution in [1.29, 1.82) is 0 Å². The van der Waals surface area contributed by atoms with Crippen molar-refractivity contribution in [2.75, 3.05) is 12.4 Å². The van der Waals surface area contributed by atoms with Gasteiger partial charge in [-0.15, -0.1) is 0 Å². The zero-order valence-corrected chi connectivity index (χ0v) is 11.9. The van der Waals surface area contributed by atoms with Gasteiger partial charge in [-0.3, -0.25) is 0 Å². The second-order valence-corrected chi connectivity index (χ2v) is 4.91. The summed E-state index contributed by atoms with van der Waals surface area (Å²) in [5.41, 5.74) is 2.15. The van der Waals surface area contributed by atoms with E-state index in [1.807, 2.05) is 6.07 Å². The van der Waals surface area contributed by atoms with Crippen molar-refractivity contribution in [2.45, 2.75) is 25.8 Å². The van der Waals surface area contributed by atoms with Crippen LogP contribution in [0, 0.1) is 5.82 Å². The minimum absolute atomic E-state index is 0.287. The third-order valence-electron chi connectivity index (χ3n) is 3.27. The largest absolute Gasteiger partial charge is 0.494 e. The van der Waals surface area contributed by atoms with Crippen molar-refractivity contribution >= 4 is 5.69 Å². The Morgan fingerprint density at radius 2 is 1.90 bits per heavy atom. The summed E-state index contributed by atoms with van der Waals surface area (Å²) in [6, 6.07) is 15.2. The van der Waals surface area contributed by atoms with E-state index in [1.54, 1.807) is 13.2 Å². The molecule has 2 nitrogen and oxygen atoms in total. The van der Waals surface area contributed by atoms with Gasteiger partial charge in [0, 0.05) is 12.1 Å². The summed E-state index contributed by atoms with van der Waals surface area (Å²) in [6.45, 7) is 2.12. The number of halogens is 1. The summed E-state index contributed by atoms with van der Waals surface area (Å²) in [5, 5.41) is 3.37. The van der Waals surface area contributed by atoms with E-state index in [9.17, 15) is 4.39 Å². The lowest BCUT2D eigenvalue weighted by Crippen LogP contribution is -2.16. The molecule has 1 unspecified atom stereocenters. The van der Waals surface area contributed by atoms with Crippen LogP contribution >= 0.6 is 0 Å². The van der Waals surface area contributed by atoms with Crippen molar-refractivity contribution in [3.05, 3.63) is 59.9 Å². The van der Waals surface area contributed by atoms with Crippen LogP contribution in [0.4, 0.5) is 10.1 Å². The first-order chi connectivity index (χ1) is 9.69. The molecule has 0 saturated heterocycles. The molecule has 0 aliphatic heterocycles. The molecule has 0 spiro atoms. The molecule has 3 heteroatoms. The highest BCUT2D eigenvalue weighted by molar-refractivity contribution is 5.56. The van der Waals surface area contributed by atoms with Crippen LogP contribution in [0.15, 0.2) is 48.5 Å². The molecule has 2 rings (SSSR count). The van der Waals surface area contributed by atoms with Gasteiger partial charge in [0.25, 0.3) is 0 Å². The molecule has 0 fully saturated rings. The number of ether oxygens (including phenoxy) is 1. The van der Waals surface area contributed by atoms with Gasteiger partial charge in [-0.25, -0.2) is 4.39 Å². The maximum Gasteiger partial charge on any atom is 0.144 e. The molecule has 0 radical (unpaired) electrons. The van der Waals surface area contributed by atoms with Gasteiger partial charge >= 0.3 is 0 Å². The van der Waals surface area contributed by atoms with Crippen molar-refractivity contribution in [1.82, 2.24) is 0 Å². The Bertz CT molecular complexity index is 542. The van der Waals surface area contributed by atoms with E-state index in [1.165, 1.54) is 17.7 Å². The third-order valence-corrected chi connectivity index (χ3v) is 3.27. The Morgan fingerprint density at radius 3 is 2.60 bits per heavy atom. The second kappa shape index (κ2) is 6.94. The van der Waals surface area contributed by atoms with E-state index in [-0.39, 0.29) is 11.9 Å². The van der Waals surface area contributed by atoms with Gasteiger partial charge in [0.1, 0.15) is 11.6 Å². The van der Waals surface area contributed by atoms with Crippen LogP contribution in [0.25, 0.3) is 0 Å². The van der Waals surface area contributed by atoms with E-state index in [0.717, 1.165) is 18.5 Å². The van der Waals surface area contributed by atoms with Gasteiger partial charge in [0.15, 0.2) is 0 Å². The number of nitrogens with one attached hydrogen (secondary N) is 1. The summed E-state index contributed by atoms with van der Waals surface area (Å²) in [6.07, 6.45) is 2.02. The summed E-state index contributed by atoms with van der Waals surface area (Å²) >= 11 is 0. The summed E-state index contributed by atoms with van der Waals surface area (Å²) in [7, 11) is 1.55. The number of methoxy groups -OCH3 is 1. The molecule has 1 N–H and O–H groups in total. The van der Waals surface area contributed by atoms with Gasteiger partial charge in [0.2, 0.25) is 0 Å². The average molecular weight is 273 g/mol. The molecule has 0 aliphatic rings. The molecule has 0 heterocycles. The van der Waals surface area contributed by atoms with Crippen molar-refractivity contribution < 1.29 is 9.13 Å². The normalized spacial score (nSPS) is 11.9. The first-order valence-corrected chi connectivity index (χ1v) is 6.83. The molecule has 1 atom stereocenters. The van der Waals surface area contributed by atoms with Crippen molar-refractivity contribution in [3.63, 3.8) is 0 Å². The molecule has 0 amide bonds. The highest BCUT2D eigenvalue weighted by Gasteiger charge is 2.08. The standard InChI is InChI=1S/C17H20FNO/c1-13(8-9-14-6-4-3-5-7-14)19-16-11-10-15(18)12-17(16)20-2/h3-7,10-13,19H,8-9H2,1-2H3. The summed E-state index contributed by atoms with van der Waals surface area (Å²) in [4.78, 5) is 0. The van der Waals surface area contributed by atoms with Gasteiger partial charge < -0.3 is 10.1 Å². The maximum absolute atomic E-state index is 13.1. The van der Waals surface area contributed by atoms with Crippen LogP contribution in [0.3, 0.4) is 0 Å². The summed E-state index contributed by atoms with van der Waals surface area (Å²) < 4.78 is 18.3. The topological polar surface area (TPSA) is 21.3 Å². The van der Waals surface area contributed by atoms with E-state index in [0.29, 0.717) is 5.75 Å². The van der Waals surface area contributed by atoms with Crippen LogP contribution in [0.2, 0.25) is 0 Å². The maximum atomic E-state index is 13.1. The Labute approximate surface area is 119 Å². The second-order valence-electron chi connectivity index (χ2n) is 4.91. The monoisotopic (exact) mass is 273 g/mol. The molecule has 0 aliphatic carbocycles. The number of hydrogen-bond donors (Lipinski definition) is 1. The number of hydrogen-bond acceptors (Lipinski definition) is 2. The fourth-order valence-electron chi connectivity index (χ4n) is 2.15. The number of benzene rings is 2. The molecular weight excluding hydrogens is 253 g/mol. The smallest absolute Gasteiger partial charge is 0.144 e. The first kappa shape index (κ1) is 14.4. The number of aryl methyl sites for hydroxylation is 1. The minimum Gasteiger partial charge on any atom is -0.494 e. The van der Waals surface area contributed by atoms with E-state index < -0.39 is 0 Å². The Kier molecular flexibility index (Phi) is 4.99. The van der Waals surface area contributed by atoms with Crippen LogP contribution in [0.5, 0.6) is 5.75 Å². The van der Waals surface area contributed by atoms with Crippen LogP contribution in [-0.2, 0) is 6.42 Å². The molecule has 0 saturated carbocycles. The quantitative estimate of drug-likeness (QED) is 0.848. The van der Waals surface area contributed by atoms with Crippen molar-refractivity contribution in [3.8, 4) is 5.75 Å². The van der Waals surface area contributed by atoms with Gasteiger partial charge in [0.05, 0.1) is 12.8 Å². The number of rotatable bonds is 6. The van der Waals surface area contributed by atoms with Gasteiger partial charge in [-0.05, 0) is 37.5 Å². The SMILES string of the molecule is COc1cc(F)ccc1NC(C)CCc1ccccc1. The Balaban J connectivity index is 1.93. The van der Waals surface area contributed by atoms with Crippen LogP contribution < -0.4 is 10.1 Å².